The third-order valence-corrected chi connectivity index (χ3v) is 6.40. The normalized spacial score (nSPS) is 15.7. The van der Waals surface area contributed by atoms with Gasteiger partial charge in [0.2, 0.25) is 0 Å². The fraction of sp³-hybridized carbons (Fsp3) is 0.545. The first-order valence-electron chi connectivity index (χ1n) is 10.3. The van der Waals surface area contributed by atoms with Crippen molar-refractivity contribution >= 4 is 23.0 Å². The van der Waals surface area contributed by atoms with Crippen molar-refractivity contribution in [3.63, 3.8) is 0 Å². The van der Waals surface area contributed by atoms with Gasteiger partial charge in [-0.05, 0) is 57.2 Å². The van der Waals surface area contributed by atoms with Gasteiger partial charge in [-0.3, -0.25) is 0 Å². The summed E-state index contributed by atoms with van der Waals surface area (Å²) in [6, 6.07) is 8.88. The van der Waals surface area contributed by atoms with E-state index in [1.807, 2.05) is 0 Å². The number of thiazole rings is 1. The number of nitrogens with one attached hydrogen (secondary N) is 2. The van der Waals surface area contributed by atoms with Crippen molar-refractivity contribution < 1.29 is 0 Å². The van der Waals surface area contributed by atoms with Gasteiger partial charge >= 0.3 is 0 Å². The molecule has 1 aromatic carbocycles. The monoisotopic (exact) mass is 399 g/mol. The molecule has 152 valence electrons. The molecule has 1 aliphatic heterocycles. The van der Waals surface area contributed by atoms with Crippen LogP contribution in [0.15, 0.2) is 29.3 Å². The highest BCUT2D eigenvalue weighted by Crippen LogP contribution is 2.23. The molecule has 0 unspecified atom stereocenters. The topological polar surface area (TPSA) is 52.6 Å². The van der Waals surface area contributed by atoms with Crippen molar-refractivity contribution in [3.05, 3.63) is 45.4 Å². The number of piperidine rings is 1. The first-order valence-corrected chi connectivity index (χ1v) is 11.2. The number of benzene rings is 1. The van der Waals surface area contributed by atoms with Crippen molar-refractivity contribution in [1.29, 1.82) is 0 Å². The van der Waals surface area contributed by atoms with Crippen LogP contribution in [-0.2, 0) is 13.1 Å². The molecule has 1 saturated heterocycles. The average molecular weight is 400 g/mol. The second-order valence-corrected chi connectivity index (χ2v) is 8.92. The maximum Gasteiger partial charge on any atom is 0.191 e. The fourth-order valence-electron chi connectivity index (χ4n) is 3.37. The highest BCUT2D eigenvalue weighted by atomic mass is 32.1. The van der Waals surface area contributed by atoms with Gasteiger partial charge in [0.15, 0.2) is 5.96 Å². The Hall–Kier alpha value is -2.08. The van der Waals surface area contributed by atoms with Gasteiger partial charge in [0.25, 0.3) is 0 Å². The van der Waals surface area contributed by atoms with Crippen LogP contribution in [0.3, 0.4) is 0 Å². The van der Waals surface area contributed by atoms with E-state index in [2.05, 4.69) is 72.5 Å². The predicted octanol–water partition coefficient (Wildman–Crippen LogP) is 4.25. The lowest BCUT2D eigenvalue weighted by atomic mass is 9.99. The van der Waals surface area contributed by atoms with Gasteiger partial charge in [-0.1, -0.05) is 19.1 Å². The zero-order valence-corrected chi connectivity index (χ0v) is 18.4. The summed E-state index contributed by atoms with van der Waals surface area (Å²) in [5, 5.41) is 7.81. The van der Waals surface area contributed by atoms with E-state index in [4.69, 9.17) is 4.99 Å². The Morgan fingerprint density at radius 3 is 2.50 bits per heavy atom. The largest absolute Gasteiger partial charge is 0.372 e. The highest BCUT2D eigenvalue weighted by molar-refractivity contribution is 7.11. The molecule has 0 aliphatic carbocycles. The lowest BCUT2D eigenvalue weighted by Crippen LogP contribution is -2.36. The van der Waals surface area contributed by atoms with Gasteiger partial charge in [0, 0.05) is 30.2 Å². The third-order valence-electron chi connectivity index (χ3n) is 5.33. The summed E-state index contributed by atoms with van der Waals surface area (Å²) < 4.78 is 0. The summed E-state index contributed by atoms with van der Waals surface area (Å²) >= 11 is 1.74. The van der Waals surface area contributed by atoms with Gasteiger partial charge < -0.3 is 15.5 Å². The Bertz CT molecular complexity index is 753. The van der Waals surface area contributed by atoms with E-state index < -0.39 is 0 Å². The molecule has 0 spiro atoms. The van der Waals surface area contributed by atoms with E-state index in [1.165, 1.54) is 42.1 Å². The molecule has 5 nitrogen and oxygen atoms in total. The average Bonchev–Trinajstić information content (AvgIpc) is 3.03. The minimum atomic E-state index is 0.669. The molecule has 0 amide bonds. The highest BCUT2D eigenvalue weighted by Gasteiger charge is 2.15. The zero-order chi connectivity index (χ0) is 19.9. The van der Waals surface area contributed by atoms with E-state index >= 15 is 0 Å². The Kier molecular flexibility index (Phi) is 7.31. The van der Waals surface area contributed by atoms with Crippen LogP contribution >= 0.6 is 11.3 Å². The molecule has 1 aliphatic rings. The first kappa shape index (κ1) is 20.6. The maximum atomic E-state index is 4.74. The van der Waals surface area contributed by atoms with Crippen molar-refractivity contribution in [2.24, 2.45) is 10.9 Å². The number of hydrogen-bond acceptors (Lipinski definition) is 4. The molecule has 0 bridgehead atoms. The number of guanidine groups is 1. The SMILES string of the molecule is CCNC(=NCc1ccc(N2CCC(C)CC2)cc1)NCc1nc(C)c(C)s1. The second kappa shape index (κ2) is 9.92. The number of hydrogen-bond donors (Lipinski definition) is 2. The molecule has 1 fully saturated rings. The molecule has 2 heterocycles. The van der Waals surface area contributed by atoms with Crippen molar-refractivity contribution in [2.45, 2.75) is 53.6 Å². The first-order chi connectivity index (χ1) is 13.5. The van der Waals surface area contributed by atoms with Crippen molar-refractivity contribution in [3.8, 4) is 0 Å². The number of rotatable bonds is 6. The van der Waals surface area contributed by atoms with Crippen LogP contribution in [0.25, 0.3) is 0 Å². The van der Waals surface area contributed by atoms with Gasteiger partial charge in [-0.15, -0.1) is 11.3 Å². The second-order valence-electron chi connectivity index (χ2n) is 7.63. The fourth-order valence-corrected chi connectivity index (χ4v) is 4.24. The molecular formula is C22H33N5S. The van der Waals surface area contributed by atoms with E-state index in [0.717, 1.165) is 29.1 Å². The van der Waals surface area contributed by atoms with E-state index in [-0.39, 0.29) is 0 Å². The van der Waals surface area contributed by atoms with Crippen LogP contribution in [-0.4, -0.2) is 30.6 Å². The summed E-state index contributed by atoms with van der Waals surface area (Å²) in [6.07, 6.45) is 2.59. The molecule has 0 saturated carbocycles. The maximum absolute atomic E-state index is 4.74. The van der Waals surface area contributed by atoms with Gasteiger partial charge in [0.1, 0.15) is 5.01 Å². The van der Waals surface area contributed by atoms with E-state index in [0.29, 0.717) is 13.1 Å². The van der Waals surface area contributed by atoms with Crippen LogP contribution in [0.2, 0.25) is 0 Å². The van der Waals surface area contributed by atoms with Crippen LogP contribution in [0.1, 0.15) is 47.8 Å². The van der Waals surface area contributed by atoms with Crippen LogP contribution in [0.5, 0.6) is 0 Å². The third kappa shape index (κ3) is 5.71. The molecule has 3 rings (SSSR count). The van der Waals surface area contributed by atoms with Crippen LogP contribution in [0, 0.1) is 19.8 Å². The van der Waals surface area contributed by atoms with Gasteiger partial charge in [-0.2, -0.15) is 0 Å². The van der Waals surface area contributed by atoms with E-state index in [1.54, 1.807) is 11.3 Å². The van der Waals surface area contributed by atoms with Crippen LogP contribution in [0.4, 0.5) is 5.69 Å². The number of nitrogens with zero attached hydrogens (tertiary/aromatic N) is 3. The molecule has 1 aromatic heterocycles. The molecular weight excluding hydrogens is 366 g/mol. The molecule has 6 heteroatoms. The Labute approximate surface area is 173 Å². The minimum absolute atomic E-state index is 0.669. The molecule has 2 aromatic rings. The molecule has 2 N–H and O–H groups in total. The Balaban J connectivity index is 1.56. The summed E-state index contributed by atoms with van der Waals surface area (Å²) in [4.78, 5) is 13.1. The number of aliphatic imine (C=N–C) groups is 1. The Morgan fingerprint density at radius 2 is 1.89 bits per heavy atom. The molecule has 0 atom stereocenters. The van der Waals surface area contributed by atoms with Gasteiger partial charge in [0.05, 0.1) is 18.8 Å². The van der Waals surface area contributed by atoms with Crippen molar-refractivity contribution in [1.82, 2.24) is 15.6 Å². The lowest BCUT2D eigenvalue weighted by Gasteiger charge is -2.32. The van der Waals surface area contributed by atoms with Crippen molar-refractivity contribution in [2.75, 3.05) is 24.5 Å². The quantitative estimate of drug-likeness (QED) is 0.563. The summed E-state index contributed by atoms with van der Waals surface area (Å²) in [7, 11) is 0. The molecule has 0 radical (unpaired) electrons. The minimum Gasteiger partial charge on any atom is -0.372 e. The Morgan fingerprint density at radius 1 is 1.18 bits per heavy atom. The number of aryl methyl sites for hydroxylation is 2. The number of aromatic nitrogens is 1. The molecule has 28 heavy (non-hydrogen) atoms. The number of anilines is 1. The van der Waals surface area contributed by atoms with Gasteiger partial charge in [-0.25, -0.2) is 9.98 Å². The van der Waals surface area contributed by atoms with E-state index in [9.17, 15) is 0 Å². The predicted molar refractivity (Wildman–Crippen MR) is 120 cm³/mol. The zero-order valence-electron chi connectivity index (χ0n) is 17.6. The standard InChI is InChI=1S/C22H33N5S/c1-5-23-22(25-15-21-26-17(3)18(4)28-21)24-14-19-6-8-20(9-7-19)27-12-10-16(2)11-13-27/h6-9,16H,5,10-15H2,1-4H3,(H2,23,24,25). The van der Waals surface area contributed by atoms with Crippen LogP contribution < -0.4 is 15.5 Å². The lowest BCUT2D eigenvalue weighted by molar-refractivity contribution is 0.438. The summed E-state index contributed by atoms with van der Waals surface area (Å²) in [5.74, 6) is 1.70. The summed E-state index contributed by atoms with van der Waals surface area (Å²) in [6.45, 7) is 13.2. The summed E-state index contributed by atoms with van der Waals surface area (Å²) in [5.41, 5.74) is 3.68. The smallest absolute Gasteiger partial charge is 0.191 e.